The predicted molar refractivity (Wildman–Crippen MR) is 56.8 cm³/mol. The Bertz CT molecular complexity index is 349. The minimum Gasteiger partial charge on any atom is -0.428 e. The largest absolute Gasteiger partial charge is 0.428 e. The molecule has 1 rings (SSSR count). The lowest BCUT2D eigenvalue weighted by Gasteiger charge is -2.16. The lowest BCUT2D eigenvalue weighted by molar-refractivity contribution is -0.120. The van der Waals surface area contributed by atoms with Crippen molar-refractivity contribution in [2.45, 2.75) is 34.6 Å². The van der Waals surface area contributed by atoms with Gasteiger partial charge in [0.25, 0.3) is 6.47 Å². The molecule has 0 fully saturated rings. The highest BCUT2D eigenvalue weighted by Crippen LogP contribution is 2.31. The van der Waals surface area contributed by atoms with Gasteiger partial charge in [-0.2, -0.15) is 0 Å². The number of rotatable bonds is 2. The summed E-state index contributed by atoms with van der Waals surface area (Å²) in [6, 6.07) is 0. The summed E-state index contributed by atoms with van der Waals surface area (Å²) in [6.45, 7) is 10.6. The fraction of sp³-hybridized carbons (Fsp3) is 0.417. The van der Waals surface area contributed by atoms with Crippen molar-refractivity contribution in [1.82, 2.24) is 0 Å². The van der Waals surface area contributed by atoms with Crippen LogP contribution in [0.1, 0.15) is 27.8 Å². The molecule has 0 aliphatic rings. The molecule has 0 N–H and O–H groups in total. The van der Waals surface area contributed by atoms with E-state index in [9.17, 15) is 4.79 Å². The molecule has 0 bridgehead atoms. The fourth-order valence-corrected chi connectivity index (χ4v) is 1.69. The quantitative estimate of drug-likeness (QED) is 0.673. The second-order valence-corrected chi connectivity index (χ2v) is 3.67. The lowest BCUT2D eigenvalue weighted by Crippen LogP contribution is -2.01. The third-order valence-corrected chi connectivity index (χ3v) is 3.10. The topological polar surface area (TPSA) is 26.3 Å². The zero-order valence-electron chi connectivity index (χ0n) is 9.39. The van der Waals surface area contributed by atoms with Crippen LogP contribution in [-0.4, -0.2) is 6.47 Å². The summed E-state index contributed by atoms with van der Waals surface area (Å²) in [5.74, 6) is 0.709. The molecular weight excluding hydrogens is 176 g/mol. The Kier molecular flexibility index (Phi) is 2.94. The van der Waals surface area contributed by atoms with Crippen molar-refractivity contribution in [3.63, 3.8) is 0 Å². The molecule has 1 aromatic rings. The van der Waals surface area contributed by atoms with Crippen LogP contribution < -0.4 is 4.74 Å². The molecule has 0 spiro atoms. The first-order valence-corrected chi connectivity index (χ1v) is 4.68. The van der Waals surface area contributed by atoms with Crippen molar-refractivity contribution in [3.8, 4) is 5.75 Å². The van der Waals surface area contributed by atoms with Crippen molar-refractivity contribution in [1.29, 1.82) is 0 Å². The molecule has 0 saturated heterocycles. The second kappa shape index (κ2) is 3.82. The zero-order valence-corrected chi connectivity index (χ0v) is 9.39. The standard InChI is InChI=1S/C12H16O2/c1-7-8(2)10(4)12(14-6-13)11(5)9(7)3/h6H,1-5H3. The molecule has 0 aromatic heterocycles. The van der Waals surface area contributed by atoms with Crippen LogP contribution in [-0.2, 0) is 4.79 Å². The highest BCUT2D eigenvalue weighted by Gasteiger charge is 2.12. The van der Waals surface area contributed by atoms with E-state index in [4.69, 9.17) is 4.74 Å². The molecule has 2 nitrogen and oxygen atoms in total. The van der Waals surface area contributed by atoms with E-state index in [-0.39, 0.29) is 0 Å². The Morgan fingerprint density at radius 3 is 1.50 bits per heavy atom. The van der Waals surface area contributed by atoms with Gasteiger partial charge < -0.3 is 4.74 Å². The Balaban J connectivity index is 3.50. The van der Waals surface area contributed by atoms with Gasteiger partial charge in [0, 0.05) is 0 Å². The Morgan fingerprint density at radius 2 is 1.14 bits per heavy atom. The van der Waals surface area contributed by atoms with Crippen molar-refractivity contribution >= 4 is 6.47 Å². The van der Waals surface area contributed by atoms with E-state index in [0.29, 0.717) is 12.2 Å². The normalized spacial score (nSPS) is 10.1. The molecule has 0 radical (unpaired) electrons. The number of hydrogen-bond acceptors (Lipinski definition) is 2. The summed E-state index contributed by atoms with van der Waals surface area (Å²) < 4.78 is 5.00. The minimum atomic E-state index is 0.490. The lowest BCUT2D eigenvalue weighted by atomic mass is 9.94. The number of carbonyl (C=O) groups is 1. The number of ether oxygens (including phenoxy) is 1. The van der Waals surface area contributed by atoms with Crippen molar-refractivity contribution in [2.24, 2.45) is 0 Å². The first kappa shape index (κ1) is 10.8. The smallest absolute Gasteiger partial charge is 0.298 e. The molecule has 0 amide bonds. The first-order valence-electron chi connectivity index (χ1n) is 4.68. The molecule has 1 aromatic carbocycles. The maximum atomic E-state index is 10.4. The molecule has 0 unspecified atom stereocenters. The van der Waals surface area contributed by atoms with E-state index < -0.39 is 0 Å². The average molecular weight is 192 g/mol. The Labute approximate surface area is 84.9 Å². The molecule has 0 heterocycles. The van der Waals surface area contributed by atoms with E-state index in [0.717, 1.165) is 11.1 Å². The van der Waals surface area contributed by atoms with Crippen molar-refractivity contribution in [2.75, 3.05) is 0 Å². The third kappa shape index (κ3) is 1.52. The maximum Gasteiger partial charge on any atom is 0.298 e. The van der Waals surface area contributed by atoms with Crippen LogP contribution in [0.4, 0.5) is 0 Å². The number of benzene rings is 1. The summed E-state index contributed by atoms with van der Waals surface area (Å²) in [5, 5.41) is 0. The van der Waals surface area contributed by atoms with Crippen molar-refractivity contribution in [3.05, 3.63) is 27.8 Å². The van der Waals surface area contributed by atoms with Gasteiger partial charge in [0.05, 0.1) is 0 Å². The van der Waals surface area contributed by atoms with Crippen molar-refractivity contribution < 1.29 is 9.53 Å². The highest BCUT2D eigenvalue weighted by molar-refractivity contribution is 5.57. The first-order chi connectivity index (χ1) is 6.50. The third-order valence-electron chi connectivity index (χ3n) is 3.10. The van der Waals surface area contributed by atoms with E-state index in [1.807, 2.05) is 13.8 Å². The summed E-state index contributed by atoms with van der Waals surface area (Å²) >= 11 is 0. The van der Waals surface area contributed by atoms with Gasteiger partial charge in [-0.1, -0.05) is 0 Å². The maximum absolute atomic E-state index is 10.4. The summed E-state index contributed by atoms with van der Waals surface area (Å²) in [4.78, 5) is 10.4. The number of carbonyl (C=O) groups excluding carboxylic acids is 1. The molecule has 2 heteroatoms. The predicted octanol–water partition coefficient (Wildman–Crippen LogP) is 2.76. The van der Waals surface area contributed by atoms with Crippen LogP contribution >= 0.6 is 0 Å². The van der Waals surface area contributed by atoms with Gasteiger partial charge in [-0.25, -0.2) is 0 Å². The van der Waals surface area contributed by atoms with Crippen LogP contribution in [0.15, 0.2) is 0 Å². The number of hydrogen-bond donors (Lipinski definition) is 0. The molecule has 0 aliphatic heterocycles. The van der Waals surface area contributed by atoms with Gasteiger partial charge in [-0.15, -0.1) is 0 Å². The van der Waals surface area contributed by atoms with Crippen LogP contribution in [0.3, 0.4) is 0 Å². The monoisotopic (exact) mass is 192 g/mol. The molecule has 76 valence electrons. The van der Waals surface area contributed by atoms with E-state index >= 15 is 0 Å². The van der Waals surface area contributed by atoms with Crippen LogP contribution in [0, 0.1) is 34.6 Å². The van der Waals surface area contributed by atoms with Crippen LogP contribution in [0.2, 0.25) is 0 Å². The SMILES string of the molecule is Cc1c(C)c(C)c(OC=O)c(C)c1C. The van der Waals surface area contributed by atoms with Gasteiger partial charge in [0.2, 0.25) is 0 Å². The van der Waals surface area contributed by atoms with Gasteiger partial charge in [0.15, 0.2) is 0 Å². The van der Waals surface area contributed by atoms with Gasteiger partial charge >= 0.3 is 0 Å². The summed E-state index contributed by atoms with van der Waals surface area (Å²) in [6.07, 6.45) is 0. The summed E-state index contributed by atoms with van der Waals surface area (Å²) in [5.41, 5.74) is 5.78. The van der Waals surface area contributed by atoms with Crippen LogP contribution in [0.5, 0.6) is 5.75 Å². The second-order valence-electron chi connectivity index (χ2n) is 3.67. The minimum absolute atomic E-state index is 0.490. The molecule has 0 saturated carbocycles. The van der Waals surface area contributed by atoms with E-state index in [1.54, 1.807) is 0 Å². The van der Waals surface area contributed by atoms with Crippen LogP contribution in [0.25, 0.3) is 0 Å². The van der Waals surface area contributed by atoms with Gasteiger partial charge in [-0.3, -0.25) is 4.79 Å². The molecular formula is C12H16O2. The highest BCUT2D eigenvalue weighted by atomic mass is 16.5. The fourth-order valence-electron chi connectivity index (χ4n) is 1.69. The molecule has 14 heavy (non-hydrogen) atoms. The van der Waals surface area contributed by atoms with E-state index in [1.165, 1.54) is 16.7 Å². The average Bonchev–Trinajstić information content (AvgIpc) is 2.19. The summed E-state index contributed by atoms with van der Waals surface area (Å²) in [7, 11) is 0. The van der Waals surface area contributed by atoms with Gasteiger partial charge in [0.1, 0.15) is 5.75 Å². The molecule has 0 aliphatic carbocycles. The zero-order chi connectivity index (χ0) is 10.9. The molecule has 0 atom stereocenters. The van der Waals surface area contributed by atoms with E-state index in [2.05, 4.69) is 20.8 Å². The van der Waals surface area contributed by atoms with Gasteiger partial charge in [-0.05, 0) is 62.4 Å². The Morgan fingerprint density at radius 1 is 0.786 bits per heavy atom. The Hall–Kier alpha value is -1.31.